The Morgan fingerprint density at radius 3 is 2.40 bits per heavy atom. The Morgan fingerprint density at radius 2 is 1.76 bits per heavy atom. The first-order valence-electron chi connectivity index (χ1n) is 8.95. The number of ether oxygens (including phenoxy) is 1. The van der Waals surface area contributed by atoms with Crippen molar-refractivity contribution < 1.29 is 9.53 Å². The van der Waals surface area contributed by atoms with Gasteiger partial charge in [-0.25, -0.2) is 0 Å². The van der Waals surface area contributed by atoms with Crippen molar-refractivity contribution in [3.05, 3.63) is 65.7 Å². The van der Waals surface area contributed by atoms with Crippen LogP contribution in [0.1, 0.15) is 34.8 Å². The fourth-order valence-electron chi connectivity index (χ4n) is 3.39. The molecule has 1 heterocycles. The standard InChI is InChI=1S/C21H26N2O2/c1-25-19-11-9-18(10-12-19)21(24)16-22-15-20(23-13-5-6-14-23)17-7-3-2-4-8-17/h2-4,7-12,20,22H,5-6,13-16H2,1H3. The molecule has 25 heavy (non-hydrogen) atoms. The minimum absolute atomic E-state index is 0.107. The molecule has 0 amide bonds. The van der Waals surface area contributed by atoms with E-state index in [2.05, 4.69) is 34.5 Å². The Kier molecular flexibility index (Phi) is 6.20. The quantitative estimate of drug-likeness (QED) is 0.750. The van der Waals surface area contributed by atoms with Gasteiger partial charge in [-0.05, 0) is 55.8 Å². The number of carbonyl (C=O) groups excluding carboxylic acids is 1. The van der Waals surface area contributed by atoms with Crippen molar-refractivity contribution in [3.8, 4) is 5.75 Å². The molecule has 132 valence electrons. The first kappa shape index (κ1) is 17.6. The molecular formula is C21H26N2O2. The molecule has 1 N–H and O–H groups in total. The summed E-state index contributed by atoms with van der Waals surface area (Å²) in [5, 5.41) is 3.37. The average Bonchev–Trinajstić information content (AvgIpc) is 3.20. The first-order chi connectivity index (χ1) is 12.3. The van der Waals surface area contributed by atoms with Crippen molar-refractivity contribution >= 4 is 5.78 Å². The molecule has 1 unspecified atom stereocenters. The molecule has 4 nitrogen and oxygen atoms in total. The van der Waals surface area contributed by atoms with E-state index >= 15 is 0 Å². The van der Waals surface area contributed by atoms with Gasteiger partial charge in [-0.15, -0.1) is 0 Å². The smallest absolute Gasteiger partial charge is 0.176 e. The van der Waals surface area contributed by atoms with Crippen molar-refractivity contribution in [1.82, 2.24) is 10.2 Å². The minimum atomic E-state index is 0.107. The van der Waals surface area contributed by atoms with Crippen LogP contribution in [0.3, 0.4) is 0 Å². The number of carbonyl (C=O) groups is 1. The fraction of sp³-hybridized carbons (Fsp3) is 0.381. The number of methoxy groups -OCH3 is 1. The molecule has 2 aromatic rings. The van der Waals surface area contributed by atoms with E-state index in [1.807, 2.05) is 30.3 Å². The van der Waals surface area contributed by atoms with E-state index in [-0.39, 0.29) is 5.78 Å². The van der Waals surface area contributed by atoms with Crippen LogP contribution in [0.5, 0.6) is 5.75 Å². The Labute approximate surface area is 149 Å². The number of nitrogens with zero attached hydrogens (tertiary/aromatic N) is 1. The predicted molar refractivity (Wildman–Crippen MR) is 100 cm³/mol. The van der Waals surface area contributed by atoms with Gasteiger partial charge >= 0.3 is 0 Å². The van der Waals surface area contributed by atoms with Crippen molar-refractivity contribution in [2.45, 2.75) is 18.9 Å². The predicted octanol–water partition coefficient (Wildman–Crippen LogP) is 3.30. The molecule has 1 aliphatic rings. The maximum Gasteiger partial charge on any atom is 0.176 e. The van der Waals surface area contributed by atoms with Crippen LogP contribution in [0.2, 0.25) is 0 Å². The number of hydrogen-bond acceptors (Lipinski definition) is 4. The van der Waals surface area contributed by atoms with Crippen molar-refractivity contribution in [3.63, 3.8) is 0 Å². The average molecular weight is 338 g/mol. The number of nitrogens with one attached hydrogen (secondary N) is 1. The number of ketones is 1. The zero-order valence-corrected chi connectivity index (χ0v) is 14.8. The number of Topliss-reactive ketones (excluding diaryl/α,β-unsaturated/α-hetero) is 1. The third kappa shape index (κ3) is 4.68. The van der Waals surface area contributed by atoms with Gasteiger partial charge in [0.15, 0.2) is 5.78 Å². The van der Waals surface area contributed by atoms with Gasteiger partial charge in [0.05, 0.1) is 13.7 Å². The van der Waals surface area contributed by atoms with E-state index in [1.54, 1.807) is 7.11 Å². The van der Waals surface area contributed by atoms with Crippen LogP contribution >= 0.6 is 0 Å². The van der Waals surface area contributed by atoms with Gasteiger partial charge in [0.2, 0.25) is 0 Å². The normalized spacial score (nSPS) is 15.9. The molecule has 0 spiro atoms. The molecular weight excluding hydrogens is 312 g/mol. The molecule has 3 rings (SSSR count). The van der Waals surface area contributed by atoms with Crippen LogP contribution < -0.4 is 10.1 Å². The summed E-state index contributed by atoms with van der Waals surface area (Å²) in [4.78, 5) is 14.9. The summed E-state index contributed by atoms with van der Waals surface area (Å²) in [6, 6.07) is 18.2. The molecule has 0 aliphatic carbocycles. The summed E-state index contributed by atoms with van der Waals surface area (Å²) >= 11 is 0. The summed E-state index contributed by atoms with van der Waals surface area (Å²) in [6.07, 6.45) is 2.52. The van der Waals surface area contributed by atoms with Gasteiger partial charge in [-0.2, -0.15) is 0 Å². The van der Waals surface area contributed by atoms with Crippen LogP contribution in [0, 0.1) is 0 Å². The van der Waals surface area contributed by atoms with Crippen molar-refractivity contribution in [2.75, 3.05) is 33.3 Å². The lowest BCUT2D eigenvalue weighted by Crippen LogP contribution is -2.36. The van der Waals surface area contributed by atoms with E-state index in [0.29, 0.717) is 18.2 Å². The lowest BCUT2D eigenvalue weighted by Gasteiger charge is -2.28. The van der Waals surface area contributed by atoms with E-state index in [9.17, 15) is 4.79 Å². The highest BCUT2D eigenvalue weighted by Gasteiger charge is 2.23. The largest absolute Gasteiger partial charge is 0.497 e. The highest BCUT2D eigenvalue weighted by molar-refractivity contribution is 5.97. The fourth-order valence-corrected chi connectivity index (χ4v) is 3.39. The van der Waals surface area contributed by atoms with E-state index in [0.717, 1.165) is 25.4 Å². The van der Waals surface area contributed by atoms with Crippen LogP contribution in [-0.4, -0.2) is 44.0 Å². The molecule has 0 aromatic heterocycles. The lowest BCUT2D eigenvalue weighted by molar-refractivity contribution is 0.0987. The zero-order chi connectivity index (χ0) is 17.5. The van der Waals surface area contributed by atoms with Gasteiger partial charge in [0, 0.05) is 18.2 Å². The SMILES string of the molecule is COc1ccc(C(=O)CNCC(c2ccccc2)N2CCCC2)cc1. The third-order valence-electron chi connectivity index (χ3n) is 4.80. The molecule has 1 fully saturated rings. The first-order valence-corrected chi connectivity index (χ1v) is 8.95. The second-order valence-corrected chi connectivity index (χ2v) is 6.45. The van der Waals surface area contributed by atoms with E-state index in [1.165, 1.54) is 18.4 Å². The molecule has 0 saturated carbocycles. The summed E-state index contributed by atoms with van der Waals surface area (Å²) in [7, 11) is 1.63. The van der Waals surface area contributed by atoms with Crippen LogP contribution in [0.4, 0.5) is 0 Å². The summed E-state index contributed by atoms with van der Waals surface area (Å²) in [5.74, 6) is 0.874. The molecule has 1 saturated heterocycles. The third-order valence-corrected chi connectivity index (χ3v) is 4.80. The maximum absolute atomic E-state index is 12.4. The van der Waals surface area contributed by atoms with Crippen LogP contribution in [-0.2, 0) is 0 Å². The summed E-state index contributed by atoms with van der Waals surface area (Å²) in [6.45, 7) is 3.40. The van der Waals surface area contributed by atoms with Gasteiger partial charge in [-0.1, -0.05) is 30.3 Å². The minimum Gasteiger partial charge on any atom is -0.497 e. The van der Waals surface area contributed by atoms with Gasteiger partial charge in [0.1, 0.15) is 5.75 Å². The zero-order valence-electron chi connectivity index (χ0n) is 14.8. The van der Waals surface area contributed by atoms with Crippen LogP contribution in [0.15, 0.2) is 54.6 Å². The number of benzene rings is 2. The Balaban J connectivity index is 1.58. The van der Waals surface area contributed by atoms with E-state index < -0.39 is 0 Å². The summed E-state index contributed by atoms with van der Waals surface area (Å²) in [5.41, 5.74) is 2.03. The van der Waals surface area contributed by atoms with Gasteiger partial charge in [0.25, 0.3) is 0 Å². The maximum atomic E-state index is 12.4. The number of hydrogen-bond donors (Lipinski definition) is 1. The molecule has 2 aromatic carbocycles. The van der Waals surface area contributed by atoms with Crippen molar-refractivity contribution in [2.24, 2.45) is 0 Å². The lowest BCUT2D eigenvalue weighted by atomic mass is 10.1. The molecule has 4 heteroatoms. The molecule has 0 bridgehead atoms. The highest BCUT2D eigenvalue weighted by Crippen LogP contribution is 2.24. The highest BCUT2D eigenvalue weighted by atomic mass is 16.5. The molecule has 1 aliphatic heterocycles. The van der Waals surface area contributed by atoms with Crippen LogP contribution in [0.25, 0.3) is 0 Å². The van der Waals surface area contributed by atoms with Gasteiger partial charge < -0.3 is 10.1 Å². The number of rotatable bonds is 8. The number of likely N-dealkylation sites (tertiary alicyclic amines) is 1. The second kappa shape index (κ2) is 8.79. The van der Waals surface area contributed by atoms with E-state index in [4.69, 9.17) is 4.74 Å². The topological polar surface area (TPSA) is 41.6 Å². The molecule has 1 atom stereocenters. The Bertz CT molecular complexity index is 664. The second-order valence-electron chi connectivity index (χ2n) is 6.45. The van der Waals surface area contributed by atoms with Gasteiger partial charge in [-0.3, -0.25) is 9.69 Å². The Morgan fingerprint density at radius 1 is 1.08 bits per heavy atom. The van der Waals surface area contributed by atoms with Crippen molar-refractivity contribution in [1.29, 1.82) is 0 Å². The molecule has 0 radical (unpaired) electrons. The summed E-state index contributed by atoms with van der Waals surface area (Å²) < 4.78 is 5.14. The monoisotopic (exact) mass is 338 g/mol. The Hall–Kier alpha value is -2.17.